The first-order valence-electron chi connectivity index (χ1n) is 10.6. The minimum absolute atomic E-state index is 0.00996. The zero-order valence-electron chi connectivity index (χ0n) is 19.1. The van der Waals surface area contributed by atoms with Crippen molar-refractivity contribution in [2.75, 3.05) is 6.54 Å². The van der Waals surface area contributed by atoms with Gasteiger partial charge in [-0.1, -0.05) is 22.7 Å². The molecule has 2 aromatic heterocycles. The van der Waals surface area contributed by atoms with Crippen LogP contribution in [0.4, 0.5) is 5.95 Å². The normalized spacial score (nSPS) is 11.7. The number of aromatic nitrogens is 3. The summed E-state index contributed by atoms with van der Waals surface area (Å²) in [6.07, 6.45) is 1.37. The van der Waals surface area contributed by atoms with Crippen LogP contribution in [0.3, 0.4) is 0 Å². The number of halogens is 1. The molecule has 10 nitrogen and oxygen atoms in total. The van der Waals surface area contributed by atoms with Crippen LogP contribution in [0.5, 0.6) is 0 Å². The van der Waals surface area contributed by atoms with Gasteiger partial charge in [0.1, 0.15) is 22.5 Å². The molecule has 0 atom stereocenters. The SMILES string of the molecule is Cc1cc(C)cc(S(=O)(=O)c2c(C(=O)NCCn3c(C)cnc3[N+](=O)[O-])[nH]c3ccc(Cl)cc23)c1. The fourth-order valence-corrected chi connectivity index (χ4v) is 5.99. The Morgan fingerprint density at radius 1 is 1.17 bits per heavy atom. The summed E-state index contributed by atoms with van der Waals surface area (Å²) in [5, 5.41) is 14.4. The lowest BCUT2D eigenvalue weighted by Crippen LogP contribution is -2.29. The molecular formula is C23H22ClN5O5S. The number of carbonyl (C=O) groups excluding carboxylic acids is 1. The number of rotatable bonds is 7. The second-order valence-corrected chi connectivity index (χ2v) is 10.5. The van der Waals surface area contributed by atoms with Gasteiger partial charge in [-0.3, -0.25) is 4.79 Å². The third-order valence-corrected chi connectivity index (χ3v) is 7.59. The van der Waals surface area contributed by atoms with Crippen molar-refractivity contribution >= 4 is 44.2 Å². The van der Waals surface area contributed by atoms with E-state index in [9.17, 15) is 23.3 Å². The Hall–Kier alpha value is -3.70. The number of benzene rings is 2. The highest BCUT2D eigenvalue weighted by Gasteiger charge is 2.30. The number of imidazole rings is 1. The molecule has 1 amide bonds. The second kappa shape index (κ2) is 9.16. The van der Waals surface area contributed by atoms with Gasteiger partial charge in [-0.15, -0.1) is 0 Å². The number of aromatic amines is 1. The van der Waals surface area contributed by atoms with Crippen LogP contribution in [0.2, 0.25) is 5.02 Å². The van der Waals surface area contributed by atoms with E-state index in [0.717, 1.165) is 11.1 Å². The van der Waals surface area contributed by atoms with E-state index in [1.807, 2.05) is 6.07 Å². The number of fused-ring (bicyclic) bond motifs is 1. The van der Waals surface area contributed by atoms with Gasteiger partial charge in [0.15, 0.2) is 0 Å². The van der Waals surface area contributed by atoms with Gasteiger partial charge in [-0.25, -0.2) is 13.0 Å². The van der Waals surface area contributed by atoms with Crippen LogP contribution in [-0.2, 0) is 16.4 Å². The van der Waals surface area contributed by atoms with Crippen molar-refractivity contribution < 1.29 is 18.1 Å². The molecule has 2 heterocycles. The largest absolute Gasteiger partial charge is 0.434 e. The van der Waals surface area contributed by atoms with Crippen LogP contribution in [0.15, 0.2) is 52.4 Å². The Kier molecular flexibility index (Phi) is 6.39. The number of sulfone groups is 1. The molecule has 35 heavy (non-hydrogen) atoms. The molecule has 0 fully saturated rings. The number of nitro groups is 1. The molecule has 12 heteroatoms. The monoisotopic (exact) mass is 515 g/mol. The van der Waals surface area contributed by atoms with Crippen LogP contribution >= 0.6 is 11.6 Å². The lowest BCUT2D eigenvalue weighted by Gasteiger charge is -2.10. The van der Waals surface area contributed by atoms with Gasteiger partial charge < -0.3 is 20.4 Å². The number of carbonyl (C=O) groups is 1. The molecule has 0 bridgehead atoms. The fraction of sp³-hybridized carbons (Fsp3) is 0.217. The standard InChI is InChI=1S/C23H22ClN5O5S/c1-13-8-14(2)10-17(9-13)35(33,34)21-18-11-16(24)4-5-19(18)27-20(21)22(30)25-6-7-28-15(3)12-26-23(28)29(31)32/h4-5,8-12,27H,6-7H2,1-3H3,(H,25,30). The minimum atomic E-state index is -4.11. The van der Waals surface area contributed by atoms with Crippen molar-refractivity contribution in [1.82, 2.24) is 19.9 Å². The van der Waals surface area contributed by atoms with E-state index in [4.69, 9.17) is 11.6 Å². The van der Waals surface area contributed by atoms with E-state index in [1.54, 1.807) is 45.0 Å². The van der Waals surface area contributed by atoms with Crippen molar-refractivity contribution in [2.24, 2.45) is 0 Å². The highest BCUT2D eigenvalue weighted by molar-refractivity contribution is 7.91. The number of nitrogens with one attached hydrogen (secondary N) is 2. The summed E-state index contributed by atoms with van der Waals surface area (Å²) in [5.74, 6) is -1.00. The van der Waals surface area contributed by atoms with E-state index in [-0.39, 0.29) is 34.5 Å². The van der Waals surface area contributed by atoms with Gasteiger partial charge in [0.05, 0.1) is 11.4 Å². The summed E-state index contributed by atoms with van der Waals surface area (Å²) in [4.78, 5) is 30.3. The second-order valence-electron chi connectivity index (χ2n) is 8.21. The molecule has 0 unspecified atom stereocenters. The number of aryl methyl sites for hydroxylation is 3. The summed E-state index contributed by atoms with van der Waals surface area (Å²) in [5.41, 5.74) is 2.39. The smallest absolute Gasteiger partial charge is 0.390 e. The maximum absolute atomic E-state index is 13.7. The number of H-pyrrole nitrogens is 1. The highest BCUT2D eigenvalue weighted by Crippen LogP contribution is 2.34. The molecule has 0 spiro atoms. The lowest BCUT2D eigenvalue weighted by molar-refractivity contribution is -0.396. The first-order chi connectivity index (χ1) is 16.5. The van der Waals surface area contributed by atoms with Gasteiger partial charge in [-0.05, 0) is 67.2 Å². The number of amides is 1. The maximum Gasteiger partial charge on any atom is 0.434 e. The molecule has 4 rings (SSSR count). The van der Waals surface area contributed by atoms with Crippen LogP contribution < -0.4 is 5.32 Å². The Balaban J connectivity index is 1.73. The first kappa shape index (κ1) is 24.4. The predicted octanol–water partition coefficient (Wildman–Crippen LogP) is 4.11. The molecule has 2 aromatic carbocycles. The van der Waals surface area contributed by atoms with Crippen molar-refractivity contribution in [1.29, 1.82) is 0 Å². The zero-order valence-corrected chi connectivity index (χ0v) is 20.7. The molecule has 4 aromatic rings. The molecule has 0 aliphatic heterocycles. The van der Waals surface area contributed by atoms with Gasteiger partial charge >= 0.3 is 5.95 Å². The van der Waals surface area contributed by atoms with Gasteiger partial charge in [0.2, 0.25) is 9.84 Å². The van der Waals surface area contributed by atoms with Crippen LogP contribution in [0, 0.1) is 30.9 Å². The van der Waals surface area contributed by atoms with E-state index in [0.29, 0.717) is 21.6 Å². The quantitative estimate of drug-likeness (QED) is 0.280. The molecule has 0 aliphatic rings. The summed E-state index contributed by atoms with van der Waals surface area (Å²) in [7, 11) is -4.11. The first-order valence-corrected chi connectivity index (χ1v) is 12.4. The molecule has 182 valence electrons. The van der Waals surface area contributed by atoms with Gasteiger partial charge in [0, 0.05) is 22.5 Å². The van der Waals surface area contributed by atoms with Crippen molar-refractivity contribution in [3.8, 4) is 0 Å². The summed E-state index contributed by atoms with van der Waals surface area (Å²) >= 11 is 6.15. The fourth-order valence-electron chi connectivity index (χ4n) is 4.02. The Labute approximate surface area is 206 Å². The van der Waals surface area contributed by atoms with E-state index in [1.165, 1.54) is 16.8 Å². The summed E-state index contributed by atoms with van der Waals surface area (Å²) < 4.78 is 28.8. The lowest BCUT2D eigenvalue weighted by atomic mass is 10.2. The minimum Gasteiger partial charge on any atom is -0.390 e. The topological polar surface area (TPSA) is 140 Å². The Morgan fingerprint density at radius 2 is 1.86 bits per heavy atom. The Bertz CT molecular complexity index is 1570. The summed E-state index contributed by atoms with van der Waals surface area (Å²) in [6.45, 7) is 5.35. The average Bonchev–Trinajstić information content (AvgIpc) is 3.34. The van der Waals surface area contributed by atoms with E-state index < -0.39 is 20.7 Å². The Morgan fingerprint density at radius 3 is 2.51 bits per heavy atom. The average molecular weight is 516 g/mol. The number of hydrogen-bond acceptors (Lipinski definition) is 6. The van der Waals surface area contributed by atoms with Crippen molar-refractivity contribution in [3.63, 3.8) is 0 Å². The van der Waals surface area contributed by atoms with Crippen molar-refractivity contribution in [3.05, 3.63) is 80.2 Å². The van der Waals surface area contributed by atoms with Gasteiger partial charge in [0.25, 0.3) is 5.91 Å². The molecule has 2 N–H and O–H groups in total. The van der Waals surface area contributed by atoms with Crippen LogP contribution in [-0.4, -0.2) is 40.3 Å². The predicted molar refractivity (Wildman–Crippen MR) is 131 cm³/mol. The highest BCUT2D eigenvalue weighted by atomic mass is 35.5. The van der Waals surface area contributed by atoms with Crippen molar-refractivity contribution in [2.45, 2.75) is 37.1 Å². The third kappa shape index (κ3) is 4.64. The zero-order chi connectivity index (χ0) is 25.5. The van der Waals surface area contributed by atoms with Crippen LogP contribution in [0.1, 0.15) is 27.3 Å². The molecule has 0 saturated heterocycles. The summed E-state index contributed by atoms with van der Waals surface area (Å²) in [6, 6.07) is 9.65. The molecule has 0 radical (unpaired) electrons. The van der Waals surface area contributed by atoms with Crippen LogP contribution in [0.25, 0.3) is 10.9 Å². The number of nitrogens with zero attached hydrogens (tertiary/aromatic N) is 3. The molecule has 0 saturated carbocycles. The maximum atomic E-state index is 13.7. The third-order valence-electron chi connectivity index (χ3n) is 5.53. The molecule has 0 aliphatic carbocycles. The van der Waals surface area contributed by atoms with E-state index >= 15 is 0 Å². The van der Waals surface area contributed by atoms with Gasteiger partial charge in [-0.2, -0.15) is 0 Å². The number of hydrogen-bond donors (Lipinski definition) is 2. The molecular weight excluding hydrogens is 494 g/mol. The van der Waals surface area contributed by atoms with E-state index in [2.05, 4.69) is 15.3 Å².